The summed E-state index contributed by atoms with van der Waals surface area (Å²) < 4.78 is 18.3. The number of benzene rings is 1. The van der Waals surface area contributed by atoms with Crippen molar-refractivity contribution >= 4 is 18.5 Å². The van der Waals surface area contributed by atoms with Crippen molar-refractivity contribution in [2.24, 2.45) is 0 Å². The standard InChI is InChI=1S/C23H29FN4O4S/c24-15-4-6-17(7-5-15)32-13-16(29)12-25-10-8-19(30)28-11-9-18-20(23(28)33)22(31)27-21(26-18)14-2-1-3-14/h4-7,14,16,23,25,29,33H,1-3,8-13H2,(H,26,27,31). The van der Waals surface area contributed by atoms with Crippen LogP contribution in [0.4, 0.5) is 4.39 Å². The third-order valence-electron chi connectivity index (χ3n) is 6.16. The molecule has 2 atom stereocenters. The normalized spacial score (nSPS) is 19.0. The summed E-state index contributed by atoms with van der Waals surface area (Å²) in [6, 6.07) is 5.56. The number of fused-ring (bicyclic) bond motifs is 1. The van der Waals surface area contributed by atoms with Gasteiger partial charge in [-0.15, -0.1) is 12.6 Å². The van der Waals surface area contributed by atoms with Crippen LogP contribution in [-0.4, -0.2) is 58.2 Å². The predicted octanol–water partition coefficient (Wildman–Crippen LogP) is 1.91. The second kappa shape index (κ2) is 10.7. The molecule has 8 nitrogen and oxygen atoms in total. The molecule has 1 aliphatic heterocycles. The van der Waals surface area contributed by atoms with Crippen LogP contribution in [0.1, 0.15) is 54.1 Å². The van der Waals surface area contributed by atoms with Gasteiger partial charge in [-0.05, 0) is 37.1 Å². The van der Waals surface area contributed by atoms with Gasteiger partial charge in [-0.1, -0.05) is 6.42 Å². The first-order chi connectivity index (χ1) is 15.9. The molecule has 3 N–H and O–H groups in total. The van der Waals surface area contributed by atoms with Crippen LogP contribution in [0.5, 0.6) is 5.75 Å². The topological polar surface area (TPSA) is 108 Å². The van der Waals surface area contributed by atoms with Crippen LogP contribution in [0, 0.1) is 5.82 Å². The van der Waals surface area contributed by atoms with Gasteiger partial charge in [0.05, 0.1) is 11.3 Å². The zero-order chi connectivity index (χ0) is 23.4. The van der Waals surface area contributed by atoms with Crippen LogP contribution in [0.25, 0.3) is 0 Å². The number of aliphatic hydroxyl groups is 1. The van der Waals surface area contributed by atoms with Gasteiger partial charge in [-0.25, -0.2) is 9.37 Å². The monoisotopic (exact) mass is 476 g/mol. The van der Waals surface area contributed by atoms with Crippen molar-refractivity contribution in [3.63, 3.8) is 0 Å². The largest absolute Gasteiger partial charge is 0.491 e. The Morgan fingerprint density at radius 2 is 2.12 bits per heavy atom. The highest BCUT2D eigenvalue weighted by Crippen LogP contribution is 2.35. The number of hydrogen-bond acceptors (Lipinski definition) is 7. The van der Waals surface area contributed by atoms with Gasteiger partial charge in [-0.2, -0.15) is 0 Å². The molecular formula is C23H29FN4O4S. The molecule has 1 aliphatic carbocycles. The van der Waals surface area contributed by atoms with Gasteiger partial charge >= 0.3 is 0 Å². The maximum absolute atomic E-state index is 12.9. The van der Waals surface area contributed by atoms with Crippen LogP contribution in [0.15, 0.2) is 29.1 Å². The molecule has 2 aromatic rings. The molecule has 0 bridgehead atoms. The lowest BCUT2D eigenvalue weighted by atomic mass is 9.84. The number of rotatable bonds is 9. The van der Waals surface area contributed by atoms with E-state index in [2.05, 4.69) is 27.9 Å². The Balaban J connectivity index is 1.22. The molecule has 2 unspecified atom stereocenters. The summed E-state index contributed by atoms with van der Waals surface area (Å²) in [5, 5.41) is 12.4. The zero-order valence-corrected chi connectivity index (χ0v) is 19.2. The third kappa shape index (κ3) is 5.74. The molecule has 4 rings (SSSR count). The number of carbonyl (C=O) groups excluding carboxylic acids is 1. The van der Waals surface area contributed by atoms with E-state index in [-0.39, 0.29) is 36.9 Å². The molecule has 178 valence electrons. The van der Waals surface area contributed by atoms with Gasteiger partial charge in [0.1, 0.15) is 35.5 Å². The van der Waals surface area contributed by atoms with Crippen molar-refractivity contribution in [2.45, 2.75) is 49.5 Å². The van der Waals surface area contributed by atoms with Crippen molar-refractivity contribution in [3.05, 3.63) is 57.5 Å². The van der Waals surface area contributed by atoms with Gasteiger partial charge < -0.3 is 25.0 Å². The van der Waals surface area contributed by atoms with Crippen molar-refractivity contribution in [1.82, 2.24) is 20.2 Å². The number of H-pyrrole nitrogens is 1. The highest BCUT2D eigenvalue weighted by atomic mass is 32.1. The van der Waals surface area contributed by atoms with E-state index in [0.717, 1.165) is 30.8 Å². The molecule has 1 aromatic carbocycles. The number of thiol groups is 1. The molecule has 0 spiro atoms. The lowest BCUT2D eigenvalue weighted by Gasteiger charge is -2.34. The van der Waals surface area contributed by atoms with E-state index in [1.54, 1.807) is 4.90 Å². The van der Waals surface area contributed by atoms with E-state index in [1.165, 1.54) is 24.3 Å². The molecule has 1 saturated carbocycles. The maximum atomic E-state index is 12.9. The van der Waals surface area contributed by atoms with Gasteiger partial charge in [0.15, 0.2) is 0 Å². The van der Waals surface area contributed by atoms with E-state index < -0.39 is 11.5 Å². The number of halogens is 1. The second-order valence-corrected chi connectivity index (χ2v) is 9.01. The second-order valence-electron chi connectivity index (χ2n) is 8.52. The van der Waals surface area contributed by atoms with Crippen molar-refractivity contribution in [1.29, 1.82) is 0 Å². The first kappa shape index (κ1) is 23.7. The third-order valence-corrected chi connectivity index (χ3v) is 6.70. The first-order valence-electron chi connectivity index (χ1n) is 11.3. The number of aromatic nitrogens is 2. The Morgan fingerprint density at radius 1 is 1.36 bits per heavy atom. The average molecular weight is 477 g/mol. The van der Waals surface area contributed by atoms with E-state index in [1.807, 2.05) is 0 Å². The summed E-state index contributed by atoms with van der Waals surface area (Å²) in [5.74, 6) is 1.10. The number of hydrogen-bond donors (Lipinski definition) is 4. The number of nitrogens with zero attached hydrogens (tertiary/aromatic N) is 2. The van der Waals surface area contributed by atoms with E-state index in [0.29, 0.717) is 36.7 Å². The molecule has 1 aromatic heterocycles. The van der Waals surface area contributed by atoms with Crippen molar-refractivity contribution < 1.29 is 19.0 Å². The Bertz CT molecular complexity index is 1030. The lowest BCUT2D eigenvalue weighted by molar-refractivity contribution is -0.132. The summed E-state index contributed by atoms with van der Waals surface area (Å²) in [5.41, 5.74) is 0.997. The summed E-state index contributed by atoms with van der Waals surface area (Å²) in [6.45, 7) is 1.13. The molecule has 33 heavy (non-hydrogen) atoms. The van der Waals surface area contributed by atoms with Gasteiger partial charge in [0, 0.05) is 38.4 Å². The summed E-state index contributed by atoms with van der Waals surface area (Å²) in [6.07, 6.45) is 3.24. The van der Waals surface area contributed by atoms with E-state index in [4.69, 9.17) is 4.74 Å². The SMILES string of the molecule is O=C(CCNCC(O)COc1ccc(F)cc1)N1CCc2nc(C3CCC3)[nH]c(=O)c2C1S. The molecular weight excluding hydrogens is 447 g/mol. The molecule has 0 radical (unpaired) electrons. The molecule has 2 aliphatic rings. The van der Waals surface area contributed by atoms with Crippen molar-refractivity contribution in [3.8, 4) is 5.75 Å². The van der Waals surface area contributed by atoms with Crippen LogP contribution in [0.2, 0.25) is 0 Å². The number of ether oxygens (including phenoxy) is 1. The smallest absolute Gasteiger partial charge is 0.257 e. The van der Waals surface area contributed by atoms with Crippen LogP contribution in [0.3, 0.4) is 0 Å². The Hall–Kier alpha value is -2.43. The predicted molar refractivity (Wildman–Crippen MR) is 124 cm³/mol. The quantitative estimate of drug-likeness (QED) is 0.325. The number of nitrogens with one attached hydrogen (secondary N) is 2. The molecule has 0 saturated heterocycles. The first-order valence-corrected chi connectivity index (χ1v) is 11.8. The number of carbonyl (C=O) groups is 1. The zero-order valence-electron chi connectivity index (χ0n) is 18.3. The number of aliphatic hydroxyl groups excluding tert-OH is 1. The van der Waals surface area contributed by atoms with E-state index >= 15 is 0 Å². The lowest BCUT2D eigenvalue weighted by Crippen LogP contribution is -2.43. The number of amides is 1. The molecule has 10 heteroatoms. The van der Waals surface area contributed by atoms with Gasteiger partial charge in [0.2, 0.25) is 5.91 Å². The van der Waals surface area contributed by atoms with Gasteiger partial charge in [-0.3, -0.25) is 9.59 Å². The van der Waals surface area contributed by atoms with E-state index in [9.17, 15) is 19.1 Å². The summed E-state index contributed by atoms with van der Waals surface area (Å²) in [4.78, 5) is 34.6. The average Bonchev–Trinajstić information content (AvgIpc) is 2.75. The Morgan fingerprint density at radius 3 is 2.82 bits per heavy atom. The van der Waals surface area contributed by atoms with Crippen molar-refractivity contribution in [2.75, 3.05) is 26.2 Å². The van der Waals surface area contributed by atoms with Gasteiger partial charge in [0.25, 0.3) is 5.56 Å². The highest BCUT2D eigenvalue weighted by Gasteiger charge is 2.33. The fourth-order valence-electron chi connectivity index (χ4n) is 4.04. The Labute approximate surface area is 197 Å². The van der Waals surface area contributed by atoms with Crippen LogP contribution >= 0.6 is 12.6 Å². The number of aromatic amines is 1. The minimum Gasteiger partial charge on any atom is -0.491 e. The summed E-state index contributed by atoms with van der Waals surface area (Å²) in [7, 11) is 0. The molecule has 2 heterocycles. The van der Waals surface area contributed by atoms with Crippen LogP contribution in [-0.2, 0) is 11.2 Å². The Kier molecular flexibility index (Phi) is 7.67. The summed E-state index contributed by atoms with van der Waals surface area (Å²) >= 11 is 4.56. The highest BCUT2D eigenvalue weighted by molar-refractivity contribution is 7.80. The molecule has 1 fully saturated rings. The maximum Gasteiger partial charge on any atom is 0.257 e. The fraction of sp³-hybridized carbons (Fsp3) is 0.522. The minimum atomic E-state index is -0.779. The molecule has 1 amide bonds. The fourth-order valence-corrected chi connectivity index (χ4v) is 4.55. The van der Waals surface area contributed by atoms with Crippen LogP contribution < -0.4 is 15.6 Å². The minimum absolute atomic E-state index is 0.0484.